The summed E-state index contributed by atoms with van der Waals surface area (Å²) in [6, 6.07) is -2.84. The average Bonchev–Trinajstić information content (AvgIpc) is 2.93. The van der Waals surface area contributed by atoms with Crippen LogP contribution in [0.3, 0.4) is 0 Å². The number of hydrogen-bond acceptors (Lipinski definition) is 16. The molecule has 0 aromatic rings. The highest BCUT2D eigenvalue weighted by Crippen LogP contribution is 2.43. The van der Waals surface area contributed by atoms with Crippen LogP contribution in [0.5, 0.6) is 0 Å². The molecule has 246 valence electrons. The number of phosphoric acid groups is 1. The molecule has 0 aliphatic carbocycles. The predicted molar refractivity (Wildman–Crippen MR) is 137 cm³/mol. The normalized spacial score (nSPS) is 35.7. The van der Waals surface area contributed by atoms with Crippen molar-refractivity contribution in [1.82, 2.24) is 10.6 Å². The van der Waals surface area contributed by atoms with Gasteiger partial charge in [-0.2, -0.15) is 0 Å². The van der Waals surface area contributed by atoms with Gasteiger partial charge in [-0.15, -0.1) is 0 Å². The van der Waals surface area contributed by atoms with Crippen molar-refractivity contribution in [3.63, 3.8) is 0 Å². The Morgan fingerprint density at radius 2 is 1.48 bits per heavy atom. The Hall–Kier alpha value is -1.39. The van der Waals surface area contributed by atoms with Gasteiger partial charge in [0.1, 0.15) is 54.8 Å². The zero-order valence-electron chi connectivity index (χ0n) is 23.1. The van der Waals surface area contributed by atoms with Gasteiger partial charge in [-0.05, 0) is 13.0 Å². The summed E-state index contributed by atoms with van der Waals surface area (Å²) in [4.78, 5) is 33.8. The molecule has 0 radical (unpaired) electrons. The number of aliphatic hydroxyl groups excluding tert-OH is 6. The number of ether oxygens (including phenoxy) is 4. The summed E-state index contributed by atoms with van der Waals surface area (Å²) < 4.78 is 44.4. The van der Waals surface area contributed by atoms with Gasteiger partial charge in [-0.3, -0.25) is 18.6 Å². The second kappa shape index (κ2) is 17.2. The fraction of sp³-hybridized carbons (Fsp3) is 0.909. The monoisotopic (exact) mass is 635 g/mol. The summed E-state index contributed by atoms with van der Waals surface area (Å²) >= 11 is 0. The van der Waals surface area contributed by atoms with Gasteiger partial charge in [0.25, 0.3) is 0 Å². The van der Waals surface area contributed by atoms with Crippen LogP contribution in [0.4, 0.5) is 0 Å². The van der Waals surface area contributed by atoms with E-state index in [2.05, 4.69) is 10.6 Å². The molecule has 0 spiro atoms. The van der Waals surface area contributed by atoms with Gasteiger partial charge in [-0.1, -0.05) is 0 Å². The lowest BCUT2D eigenvalue weighted by molar-refractivity contribution is -0.333. The lowest BCUT2D eigenvalue weighted by atomic mass is 9.94. The maximum absolute atomic E-state index is 12.1. The third kappa shape index (κ3) is 10.4. The molecular formula is C22H42N3O16P. The van der Waals surface area contributed by atoms with Crippen LogP contribution in [-0.2, 0) is 42.1 Å². The minimum absolute atomic E-state index is 0.175. The molecule has 2 aliphatic heterocycles. The van der Waals surface area contributed by atoms with Gasteiger partial charge >= 0.3 is 7.82 Å². The Kier molecular flexibility index (Phi) is 15.1. The van der Waals surface area contributed by atoms with Crippen LogP contribution < -0.4 is 16.4 Å². The van der Waals surface area contributed by atoms with Crippen molar-refractivity contribution in [2.45, 2.75) is 87.7 Å². The van der Waals surface area contributed by atoms with Crippen molar-refractivity contribution in [1.29, 1.82) is 0 Å². The third-order valence-corrected chi connectivity index (χ3v) is 7.31. The third-order valence-electron chi connectivity index (χ3n) is 6.32. The van der Waals surface area contributed by atoms with E-state index in [4.69, 9.17) is 33.7 Å². The summed E-state index contributed by atoms with van der Waals surface area (Å²) in [5, 5.41) is 66.0. The highest BCUT2D eigenvalue weighted by atomic mass is 31.2. The number of carbonyl (C=O) groups is 2. The molecule has 2 fully saturated rings. The summed E-state index contributed by atoms with van der Waals surface area (Å²) in [5.41, 5.74) is 5.32. The second-order valence-corrected chi connectivity index (χ2v) is 11.1. The number of phosphoric ester groups is 1. The van der Waals surface area contributed by atoms with E-state index in [1.54, 1.807) is 0 Å². The van der Waals surface area contributed by atoms with Crippen LogP contribution in [0.1, 0.15) is 20.3 Å². The van der Waals surface area contributed by atoms with E-state index >= 15 is 0 Å². The predicted octanol–water partition coefficient (Wildman–Crippen LogP) is -5.24. The van der Waals surface area contributed by atoms with E-state index in [-0.39, 0.29) is 19.6 Å². The lowest BCUT2D eigenvalue weighted by Crippen LogP contribution is -2.70. The number of hydrogen-bond donors (Lipinski definition) is 10. The Bertz CT molecular complexity index is 904. The van der Waals surface area contributed by atoms with Gasteiger partial charge in [-0.25, -0.2) is 4.57 Å². The first kappa shape index (κ1) is 36.8. The minimum atomic E-state index is -4.56. The lowest BCUT2D eigenvalue weighted by Gasteiger charge is -2.48. The topological polar surface area (TPSA) is 298 Å². The van der Waals surface area contributed by atoms with E-state index < -0.39 is 113 Å². The number of nitrogens with one attached hydrogen (secondary N) is 2. The van der Waals surface area contributed by atoms with Gasteiger partial charge in [0, 0.05) is 13.8 Å². The molecule has 2 aliphatic rings. The standard InChI is InChI=1S/C22H42N3O16P/c1-10(29)24-15-19(33)17(31)13(7-27)39-21(15)41-20-16(25-11(2)30)22(40-14(8-28)18(20)32)38-12(6-26)9-37-42(34,35)36-5-3-4-23/h12-22,26-28,31-33H,3-9,23H2,1-2H3,(H,24,29)(H,25,30)(H,34,35)/t12-,13+,14+,15+,16+,17-,18-,19+,20+,21+,22+/m0/s1. The van der Waals surface area contributed by atoms with E-state index in [0.29, 0.717) is 0 Å². The van der Waals surface area contributed by atoms with Crippen LogP contribution in [0, 0.1) is 0 Å². The first-order valence-corrected chi connectivity index (χ1v) is 14.6. The maximum Gasteiger partial charge on any atom is 0.472 e. The highest BCUT2D eigenvalue weighted by molar-refractivity contribution is 7.47. The first-order valence-electron chi connectivity index (χ1n) is 13.1. The molecule has 0 aromatic heterocycles. The number of amides is 2. The molecule has 0 bridgehead atoms. The maximum atomic E-state index is 12.1. The van der Waals surface area contributed by atoms with Crippen molar-refractivity contribution in [3.8, 4) is 0 Å². The van der Waals surface area contributed by atoms with Gasteiger partial charge < -0.3 is 70.8 Å². The number of carbonyl (C=O) groups excluding carboxylic acids is 2. The summed E-state index contributed by atoms with van der Waals surface area (Å²) in [7, 11) is -4.56. The van der Waals surface area contributed by atoms with Crippen molar-refractivity contribution in [3.05, 3.63) is 0 Å². The van der Waals surface area contributed by atoms with E-state index in [1.165, 1.54) is 0 Å². The van der Waals surface area contributed by atoms with Crippen LogP contribution in [0.15, 0.2) is 0 Å². The van der Waals surface area contributed by atoms with Crippen molar-refractivity contribution >= 4 is 19.6 Å². The summed E-state index contributed by atoms with van der Waals surface area (Å²) in [6.07, 6.45) is -13.7. The number of rotatable bonds is 16. The molecule has 2 rings (SSSR count). The van der Waals surface area contributed by atoms with Crippen LogP contribution in [-0.4, -0.2) is 154 Å². The second-order valence-electron chi connectivity index (χ2n) is 9.66. The Morgan fingerprint density at radius 1 is 0.905 bits per heavy atom. The Balaban J connectivity index is 2.32. The molecule has 2 amide bonds. The summed E-state index contributed by atoms with van der Waals surface area (Å²) in [5.74, 6) is -1.32. The van der Waals surface area contributed by atoms with Crippen LogP contribution >= 0.6 is 7.82 Å². The van der Waals surface area contributed by atoms with Crippen molar-refractivity contribution in [2.24, 2.45) is 5.73 Å². The fourth-order valence-electron chi connectivity index (χ4n) is 4.28. The SMILES string of the molecule is CC(=O)N[C@H]1[C@@H](O[C@H]2[C@@H](O)[C@@H](CO)O[C@@H](O[C@@H](CO)COP(=O)(O)OCCCN)[C@@H]2NC(C)=O)O[C@H](CO)[C@H](O)[C@@H]1O. The molecule has 1 unspecified atom stereocenters. The van der Waals surface area contributed by atoms with Gasteiger partial charge in [0.2, 0.25) is 11.8 Å². The average molecular weight is 636 g/mol. The molecule has 20 heteroatoms. The number of aliphatic hydroxyl groups is 6. The Labute approximate surface area is 241 Å². The van der Waals surface area contributed by atoms with Gasteiger partial charge in [0.15, 0.2) is 12.6 Å². The van der Waals surface area contributed by atoms with E-state index in [9.17, 15) is 49.7 Å². The van der Waals surface area contributed by atoms with E-state index in [1.807, 2.05) is 0 Å². The molecule has 11 N–H and O–H groups in total. The van der Waals surface area contributed by atoms with E-state index in [0.717, 1.165) is 13.8 Å². The summed E-state index contributed by atoms with van der Waals surface area (Å²) in [6.45, 7) is -0.779. The van der Waals surface area contributed by atoms with Crippen molar-refractivity contribution < 1.29 is 77.7 Å². The molecule has 42 heavy (non-hydrogen) atoms. The Morgan fingerprint density at radius 3 is 2.02 bits per heavy atom. The molecule has 0 saturated carbocycles. The largest absolute Gasteiger partial charge is 0.472 e. The van der Waals surface area contributed by atoms with Crippen LogP contribution in [0.2, 0.25) is 0 Å². The molecule has 19 nitrogen and oxygen atoms in total. The molecular weight excluding hydrogens is 593 g/mol. The fourth-order valence-corrected chi connectivity index (χ4v) is 5.07. The minimum Gasteiger partial charge on any atom is -0.394 e. The zero-order valence-corrected chi connectivity index (χ0v) is 24.0. The number of nitrogens with two attached hydrogens (primary N) is 1. The first-order chi connectivity index (χ1) is 19.8. The quantitative estimate of drug-likeness (QED) is 0.0559. The zero-order chi connectivity index (χ0) is 31.6. The molecule has 0 aromatic carbocycles. The molecule has 12 atom stereocenters. The highest BCUT2D eigenvalue weighted by Gasteiger charge is 2.52. The van der Waals surface area contributed by atoms with Gasteiger partial charge in [0.05, 0.1) is 33.0 Å². The smallest absolute Gasteiger partial charge is 0.394 e. The van der Waals surface area contributed by atoms with Crippen LogP contribution in [0.25, 0.3) is 0 Å². The molecule has 2 heterocycles. The molecule has 2 saturated heterocycles. The van der Waals surface area contributed by atoms with Crippen molar-refractivity contribution in [2.75, 3.05) is 39.6 Å².